The second-order valence-corrected chi connectivity index (χ2v) is 4.65. The Balaban J connectivity index is 1.93. The maximum atomic E-state index is 9.93. The fourth-order valence-electron chi connectivity index (χ4n) is 2.23. The monoisotopic (exact) mass is 202 g/mol. The van der Waals surface area contributed by atoms with Crippen molar-refractivity contribution in [2.24, 2.45) is 5.92 Å². The van der Waals surface area contributed by atoms with Crippen molar-refractivity contribution in [2.45, 2.75) is 31.8 Å². The van der Waals surface area contributed by atoms with E-state index >= 15 is 0 Å². The minimum Gasteiger partial charge on any atom is -0.392 e. The Hall–Kier alpha value is -1.08. The van der Waals surface area contributed by atoms with Crippen molar-refractivity contribution in [1.82, 2.24) is 0 Å². The van der Waals surface area contributed by atoms with Crippen LogP contribution in [0.4, 0.5) is 0 Å². The molecule has 1 heteroatoms. The molecule has 0 heterocycles. The molecule has 1 aliphatic rings. The van der Waals surface area contributed by atoms with Crippen LogP contribution < -0.4 is 0 Å². The van der Waals surface area contributed by atoms with E-state index in [0.29, 0.717) is 11.8 Å². The summed E-state index contributed by atoms with van der Waals surface area (Å²) in [6.07, 6.45) is 1.67. The van der Waals surface area contributed by atoms with Crippen LogP contribution in [0.5, 0.6) is 0 Å². The molecule has 0 aliphatic heterocycles. The molecule has 1 saturated carbocycles. The minimum absolute atomic E-state index is 0.201. The second kappa shape index (κ2) is 4.19. The summed E-state index contributed by atoms with van der Waals surface area (Å²) in [7, 11) is 0. The van der Waals surface area contributed by atoms with Crippen molar-refractivity contribution in [1.29, 1.82) is 0 Å². The molecule has 3 atom stereocenters. The van der Waals surface area contributed by atoms with Gasteiger partial charge in [-0.3, -0.25) is 0 Å². The molecule has 80 valence electrons. The van der Waals surface area contributed by atoms with Gasteiger partial charge in [0.2, 0.25) is 0 Å². The van der Waals surface area contributed by atoms with Crippen molar-refractivity contribution in [3.63, 3.8) is 0 Å². The number of hydrogen-bond acceptors (Lipinski definition) is 1. The zero-order valence-corrected chi connectivity index (χ0v) is 9.19. The van der Waals surface area contributed by atoms with Crippen LogP contribution in [-0.4, -0.2) is 11.2 Å². The van der Waals surface area contributed by atoms with E-state index in [2.05, 4.69) is 30.8 Å². The average Bonchev–Trinajstić information content (AvgIpc) is 2.97. The third kappa shape index (κ3) is 2.48. The lowest BCUT2D eigenvalue weighted by Crippen LogP contribution is -2.10. The Morgan fingerprint density at radius 1 is 1.47 bits per heavy atom. The first-order chi connectivity index (χ1) is 7.18. The van der Waals surface area contributed by atoms with Crippen LogP contribution in [0.15, 0.2) is 42.5 Å². The Morgan fingerprint density at radius 2 is 2.13 bits per heavy atom. The van der Waals surface area contributed by atoms with Gasteiger partial charge in [0.25, 0.3) is 0 Å². The smallest absolute Gasteiger partial charge is 0.0611 e. The Morgan fingerprint density at radius 3 is 2.73 bits per heavy atom. The number of aliphatic hydroxyl groups is 1. The molecular formula is C14H18O. The molecule has 0 spiro atoms. The Kier molecular flexibility index (Phi) is 2.92. The fraction of sp³-hybridized carbons (Fsp3) is 0.429. The number of benzene rings is 1. The Labute approximate surface area is 91.4 Å². The van der Waals surface area contributed by atoms with E-state index in [9.17, 15) is 5.11 Å². The topological polar surface area (TPSA) is 20.2 Å². The van der Waals surface area contributed by atoms with Crippen LogP contribution in [0.2, 0.25) is 0 Å². The van der Waals surface area contributed by atoms with Crippen molar-refractivity contribution in [3.8, 4) is 0 Å². The molecule has 1 aromatic rings. The zero-order chi connectivity index (χ0) is 10.8. The number of hydrogen-bond donors (Lipinski definition) is 1. The molecule has 1 aromatic carbocycles. The third-order valence-electron chi connectivity index (χ3n) is 3.12. The van der Waals surface area contributed by atoms with Gasteiger partial charge in [-0.1, -0.05) is 35.9 Å². The van der Waals surface area contributed by atoms with Gasteiger partial charge in [0, 0.05) is 0 Å². The highest BCUT2D eigenvalue weighted by Crippen LogP contribution is 2.50. The molecule has 0 amide bonds. The van der Waals surface area contributed by atoms with Gasteiger partial charge in [0.15, 0.2) is 0 Å². The maximum Gasteiger partial charge on any atom is 0.0611 e. The predicted molar refractivity (Wildman–Crippen MR) is 62.7 cm³/mol. The molecule has 0 radical (unpaired) electrons. The van der Waals surface area contributed by atoms with E-state index in [1.807, 2.05) is 13.0 Å². The summed E-state index contributed by atoms with van der Waals surface area (Å²) in [5, 5.41) is 9.93. The van der Waals surface area contributed by atoms with Gasteiger partial charge in [-0.25, -0.2) is 0 Å². The summed E-state index contributed by atoms with van der Waals surface area (Å²) >= 11 is 0. The summed E-state index contributed by atoms with van der Waals surface area (Å²) in [6.45, 7) is 5.82. The fourth-order valence-corrected chi connectivity index (χ4v) is 2.23. The molecule has 1 fully saturated rings. The van der Waals surface area contributed by atoms with Crippen molar-refractivity contribution >= 4 is 0 Å². The molecule has 15 heavy (non-hydrogen) atoms. The molecule has 2 rings (SSSR count). The van der Waals surface area contributed by atoms with Gasteiger partial charge in [0.05, 0.1) is 6.10 Å². The van der Waals surface area contributed by atoms with E-state index in [4.69, 9.17) is 0 Å². The van der Waals surface area contributed by atoms with Crippen LogP contribution in [0.25, 0.3) is 0 Å². The highest BCUT2D eigenvalue weighted by atomic mass is 16.3. The summed E-state index contributed by atoms with van der Waals surface area (Å²) in [4.78, 5) is 0. The van der Waals surface area contributed by atoms with Crippen molar-refractivity contribution in [3.05, 3.63) is 48.0 Å². The first kappa shape index (κ1) is 10.4. The normalized spacial score (nSPS) is 26.0. The van der Waals surface area contributed by atoms with Gasteiger partial charge in [-0.05, 0) is 37.2 Å². The largest absolute Gasteiger partial charge is 0.392 e. The van der Waals surface area contributed by atoms with Crippen LogP contribution >= 0.6 is 0 Å². The lowest BCUT2D eigenvalue weighted by Gasteiger charge is -2.09. The van der Waals surface area contributed by atoms with E-state index in [0.717, 1.165) is 18.4 Å². The highest BCUT2D eigenvalue weighted by molar-refractivity contribution is 5.26. The molecule has 3 unspecified atom stereocenters. The Bertz CT molecular complexity index is 342. The van der Waals surface area contributed by atoms with E-state index < -0.39 is 0 Å². The van der Waals surface area contributed by atoms with Gasteiger partial charge >= 0.3 is 0 Å². The van der Waals surface area contributed by atoms with Crippen LogP contribution in [0.3, 0.4) is 0 Å². The average molecular weight is 202 g/mol. The first-order valence-electron chi connectivity index (χ1n) is 5.56. The lowest BCUT2D eigenvalue weighted by atomic mass is 10.0. The third-order valence-corrected chi connectivity index (χ3v) is 3.12. The second-order valence-electron chi connectivity index (χ2n) is 4.65. The van der Waals surface area contributed by atoms with Crippen LogP contribution in [-0.2, 0) is 0 Å². The minimum atomic E-state index is -0.201. The van der Waals surface area contributed by atoms with E-state index in [1.54, 1.807) is 0 Å². The lowest BCUT2D eigenvalue weighted by molar-refractivity contribution is 0.149. The van der Waals surface area contributed by atoms with Gasteiger partial charge in [-0.2, -0.15) is 0 Å². The molecule has 0 saturated heterocycles. The quantitative estimate of drug-likeness (QED) is 0.744. The molecule has 1 N–H and O–H groups in total. The molecule has 1 nitrogen and oxygen atoms in total. The van der Waals surface area contributed by atoms with Crippen molar-refractivity contribution in [2.75, 3.05) is 0 Å². The summed E-state index contributed by atoms with van der Waals surface area (Å²) in [5.41, 5.74) is 2.43. The van der Waals surface area contributed by atoms with Crippen LogP contribution in [0.1, 0.15) is 31.2 Å². The SMILES string of the molecule is C=C(C)CC(O)C1CC1c1ccccc1. The standard InChI is InChI=1S/C14H18O/c1-10(2)8-14(15)13-9-12(13)11-6-4-3-5-7-11/h3-7,12-15H,1,8-9H2,2H3. The van der Waals surface area contributed by atoms with Gasteiger partial charge in [0.1, 0.15) is 0 Å². The molecule has 0 aromatic heterocycles. The summed E-state index contributed by atoms with van der Waals surface area (Å²) in [5.74, 6) is 1.02. The summed E-state index contributed by atoms with van der Waals surface area (Å²) < 4.78 is 0. The molecule has 0 bridgehead atoms. The summed E-state index contributed by atoms with van der Waals surface area (Å²) in [6, 6.07) is 10.5. The van der Waals surface area contributed by atoms with Gasteiger partial charge < -0.3 is 5.11 Å². The van der Waals surface area contributed by atoms with Crippen LogP contribution in [0, 0.1) is 5.92 Å². The number of aliphatic hydroxyl groups excluding tert-OH is 1. The van der Waals surface area contributed by atoms with E-state index in [-0.39, 0.29) is 6.10 Å². The maximum absolute atomic E-state index is 9.93. The first-order valence-corrected chi connectivity index (χ1v) is 5.56. The number of rotatable bonds is 4. The predicted octanol–water partition coefficient (Wildman–Crippen LogP) is 3.12. The van der Waals surface area contributed by atoms with E-state index in [1.165, 1.54) is 5.56 Å². The zero-order valence-electron chi connectivity index (χ0n) is 9.19. The van der Waals surface area contributed by atoms with Gasteiger partial charge in [-0.15, -0.1) is 6.58 Å². The van der Waals surface area contributed by atoms with Crippen molar-refractivity contribution < 1.29 is 5.11 Å². The molecular weight excluding hydrogens is 184 g/mol. The molecule has 1 aliphatic carbocycles. The highest BCUT2D eigenvalue weighted by Gasteiger charge is 2.42.